The molecule has 1 N–H and O–H groups in total. The maximum atomic E-state index is 11.4. The van der Waals surface area contributed by atoms with Crippen LogP contribution in [-0.4, -0.2) is 33.2 Å². The third-order valence-electron chi connectivity index (χ3n) is 5.52. The molecule has 6 nitrogen and oxygen atoms in total. The number of aliphatic hydroxyl groups is 1. The fourth-order valence-electron chi connectivity index (χ4n) is 3.78. The Morgan fingerprint density at radius 2 is 1.79 bits per heavy atom. The first-order valence-electron chi connectivity index (χ1n) is 11.0. The maximum absolute atomic E-state index is 11.4. The van der Waals surface area contributed by atoms with E-state index in [-0.39, 0.29) is 12.4 Å². The molecule has 1 unspecified atom stereocenters. The fourth-order valence-corrected chi connectivity index (χ4v) is 3.78. The molecule has 3 aromatic carbocycles. The van der Waals surface area contributed by atoms with E-state index in [4.69, 9.17) is 14.5 Å². The lowest BCUT2D eigenvalue weighted by Crippen LogP contribution is -2.25. The number of imidazole rings is 1. The van der Waals surface area contributed by atoms with Gasteiger partial charge in [0.25, 0.3) is 0 Å². The lowest BCUT2D eigenvalue weighted by atomic mass is 10.1. The second kappa shape index (κ2) is 9.88. The third kappa shape index (κ3) is 5.41. The van der Waals surface area contributed by atoms with Gasteiger partial charge in [-0.3, -0.25) is 4.79 Å². The molecule has 0 saturated heterocycles. The number of Topliss-reactive ketones (excluding diaryl/α,β-unsaturated/α-hetero) is 1. The van der Waals surface area contributed by atoms with Crippen molar-refractivity contribution in [2.24, 2.45) is 0 Å². The Hall–Kier alpha value is -3.64. The van der Waals surface area contributed by atoms with E-state index in [1.807, 2.05) is 47.9 Å². The minimum absolute atomic E-state index is 0.00384. The van der Waals surface area contributed by atoms with Crippen molar-refractivity contribution in [1.82, 2.24) is 9.55 Å². The Bertz CT molecular complexity index is 1260. The summed E-state index contributed by atoms with van der Waals surface area (Å²) in [6.45, 7) is 6.32. The maximum Gasteiger partial charge on any atom is 0.159 e. The molecule has 33 heavy (non-hydrogen) atoms. The van der Waals surface area contributed by atoms with Crippen LogP contribution in [0.5, 0.6) is 11.5 Å². The average Bonchev–Trinajstić information content (AvgIpc) is 3.14. The predicted molar refractivity (Wildman–Crippen MR) is 128 cm³/mol. The molecule has 4 rings (SSSR count). The molecule has 0 aliphatic carbocycles. The number of carbonyl (C=O) groups excluding carboxylic acids is 1. The lowest BCUT2D eigenvalue weighted by molar-refractivity contribution is 0.0916. The van der Waals surface area contributed by atoms with Gasteiger partial charge in [0.15, 0.2) is 5.78 Å². The van der Waals surface area contributed by atoms with Crippen molar-refractivity contribution in [3.63, 3.8) is 0 Å². The molecule has 0 aliphatic rings. The van der Waals surface area contributed by atoms with E-state index in [1.165, 1.54) is 12.5 Å². The Morgan fingerprint density at radius 1 is 1.03 bits per heavy atom. The summed E-state index contributed by atoms with van der Waals surface area (Å²) in [7, 11) is 0. The highest BCUT2D eigenvalue weighted by Gasteiger charge is 2.16. The molecule has 0 radical (unpaired) electrons. The van der Waals surface area contributed by atoms with Gasteiger partial charge in [-0.25, -0.2) is 4.98 Å². The van der Waals surface area contributed by atoms with Gasteiger partial charge in [-0.1, -0.05) is 29.8 Å². The number of nitrogens with zero attached hydrogens (tertiary/aromatic N) is 2. The van der Waals surface area contributed by atoms with E-state index >= 15 is 0 Å². The highest BCUT2D eigenvalue weighted by atomic mass is 16.5. The molecule has 0 aliphatic heterocycles. The van der Waals surface area contributed by atoms with Crippen LogP contribution in [0.15, 0.2) is 66.7 Å². The summed E-state index contributed by atoms with van der Waals surface area (Å²) in [6, 6.07) is 20.8. The number of para-hydroxylation sites is 2. The smallest absolute Gasteiger partial charge is 0.159 e. The Morgan fingerprint density at radius 3 is 2.52 bits per heavy atom. The molecule has 0 spiro atoms. The summed E-state index contributed by atoms with van der Waals surface area (Å²) in [5, 5.41) is 10.7. The van der Waals surface area contributed by atoms with E-state index in [1.54, 1.807) is 24.3 Å². The number of benzene rings is 3. The van der Waals surface area contributed by atoms with Gasteiger partial charge < -0.3 is 19.1 Å². The number of aromatic nitrogens is 2. The molecular weight excluding hydrogens is 416 g/mol. The van der Waals surface area contributed by atoms with Crippen LogP contribution >= 0.6 is 0 Å². The molecule has 6 heteroatoms. The summed E-state index contributed by atoms with van der Waals surface area (Å²) >= 11 is 0. The largest absolute Gasteiger partial charge is 0.491 e. The summed E-state index contributed by atoms with van der Waals surface area (Å²) in [6.07, 6.45) is -0.755. The number of hydrogen-bond acceptors (Lipinski definition) is 5. The normalized spacial score (nSPS) is 12.0. The summed E-state index contributed by atoms with van der Waals surface area (Å²) in [4.78, 5) is 16.1. The van der Waals surface area contributed by atoms with Crippen LogP contribution in [0.1, 0.15) is 34.2 Å². The van der Waals surface area contributed by atoms with E-state index in [9.17, 15) is 9.90 Å². The number of aryl methyl sites for hydroxylation is 2. The van der Waals surface area contributed by atoms with Crippen LogP contribution in [-0.2, 0) is 13.2 Å². The summed E-state index contributed by atoms with van der Waals surface area (Å²) in [5.74, 6) is 2.16. The zero-order chi connectivity index (χ0) is 23.4. The number of ketones is 1. The first-order chi connectivity index (χ1) is 15.9. The van der Waals surface area contributed by atoms with Crippen molar-refractivity contribution in [2.45, 2.75) is 40.0 Å². The summed E-state index contributed by atoms with van der Waals surface area (Å²) in [5.41, 5.74) is 4.67. The highest BCUT2D eigenvalue weighted by Crippen LogP contribution is 2.22. The minimum atomic E-state index is -0.755. The van der Waals surface area contributed by atoms with E-state index in [0.29, 0.717) is 24.5 Å². The van der Waals surface area contributed by atoms with E-state index in [2.05, 4.69) is 13.0 Å². The van der Waals surface area contributed by atoms with Crippen molar-refractivity contribution < 1.29 is 19.4 Å². The highest BCUT2D eigenvalue weighted by molar-refractivity contribution is 5.94. The molecule has 1 atom stereocenters. The standard InChI is InChI=1S/C27H28N2O4/c1-18-8-13-26(19(2)14-18)33-17-27-28-24-6-4-5-7-25(24)29(27)15-22(31)16-32-23-11-9-21(10-12-23)20(3)30/h4-14,22,31H,15-17H2,1-3H3. The SMILES string of the molecule is CC(=O)c1ccc(OCC(O)Cn2c(COc3ccc(C)cc3C)nc3ccccc32)cc1. The van der Waals surface area contributed by atoms with Crippen molar-refractivity contribution >= 4 is 16.8 Å². The van der Waals surface area contributed by atoms with E-state index < -0.39 is 6.10 Å². The number of fused-ring (bicyclic) bond motifs is 1. The van der Waals surface area contributed by atoms with Crippen LogP contribution in [0, 0.1) is 13.8 Å². The molecule has 0 amide bonds. The van der Waals surface area contributed by atoms with Crippen molar-refractivity contribution in [2.75, 3.05) is 6.61 Å². The first kappa shape index (κ1) is 22.6. The third-order valence-corrected chi connectivity index (χ3v) is 5.52. The minimum Gasteiger partial charge on any atom is -0.491 e. The van der Waals surface area contributed by atoms with Gasteiger partial charge in [-0.05, 0) is 68.8 Å². The monoisotopic (exact) mass is 444 g/mol. The molecule has 0 bridgehead atoms. The molecule has 0 fully saturated rings. The Balaban J connectivity index is 1.47. The van der Waals surface area contributed by atoms with Crippen LogP contribution in [0.2, 0.25) is 0 Å². The molecular formula is C27H28N2O4. The van der Waals surface area contributed by atoms with Gasteiger partial charge in [0, 0.05) is 5.56 Å². The van der Waals surface area contributed by atoms with Gasteiger partial charge >= 0.3 is 0 Å². The fraction of sp³-hybridized carbons (Fsp3) is 0.259. The van der Waals surface area contributed by atoms with Crippen molar-refractivity contribution in [3.05, 3.63) is 89.2 Å². The molecule has 1 aromatic heterocycles. The Kier molecular flexibility index (Phi) is 6.75. The van der Waals surface area contributed by atoms with Crippen molar-refractivity contribution in [3.8, 4) is 11.5 Å². The van der Waals surface area contributed by atoms with Gasteiger partial charge in [-0.2, -0.15) is 0 Å². The van der Waals surface area contributed by atoms with E-state index in [0.717, 1.165) is 28.2 Å². The van der Waals surface area contributed by atoms with Gasteiger partial charge in [-0.15, -0.1) is 0 Å². The molecule has 4 aromatic rings. The topological polar surface area (TPSA) is 73.6 Å². The van der Waals surface area contributed by atoms with Gasteiger partial charge in [0.2, 0.25) is 0 Å². The zero-order valence-electron chi connectivity index (χ0n) is 19.1. The van der Waals surface area contributed by atoms with Crippen LogP contribution in [0.4, 0.5) is 0 Å². The zero-order valence-corrected chi connectivity index (χ0v) is 19.1. The molecule has 1 heterocycles. The second-order valence-electron chi connectivity index (χ2n) is 8.23. The van der Waals surface area contributed by atoms with Crippen LogP contribution in [0.3, 0.4) is 0 Å². The molecule has 0 saturated carbocycles. The second-order valence-corrected chi connectivity index (χ2v) is 8.23. The number of ether oxygens (including phenoxy) is 2. The first-order valence-corrected chi connectivity index (χ1v) is 11.0. The Labute approximate surface area is 193 Å². The lowest BCUT2D eigenvalue weighted by Gasteiger charge is -2.16. The molecule has 170 valence electrons. The number of rotatable bonds is 9. The van der Waals surface area contributed by atoms with Gasteiger partial charge in [0.05, 0.1) is 17.6 Å². The van der Waals surface area contributed by atoms with Crippen LogP contribution < -0.4 is 9.47 Å². The van der Waals surface area contributed by atoms with Crippen LogP contribution in [0.25, 0.3) is 11.0 Å². The van der Waals surface area contributed by atoms with Crippen molar-refractivity contribution in [1.29, 1.82) is 0 Å². The number of aliphatic hydroxyl groups excluding tert-OH is 1. The average molecular weight is 445 g/mol. The van der Waals surface area contributed by atoms with Gasteiger partial charge in [0.1, 0.15) is 36.6 Å². The number of hydrogen-bond donors (Lipinski definition) is 1. The quantitative estimate of drug-likeness (QED) is 0.373. The summed E-state index contributed by atoms with van der Waals surface area (Å²) < 4.78 is 13.8. The number of carbonyl (C=O) groups is 1. The predicted octanol–water partition coefficient (Wildman–Crippen LogP) is 4.87.